The minimum absolute atomic E-state index is 0.0951. The first kappa shape index (κ1) is 18.1. The number of nitrogens with zero attached hydrogens (tertiary/aromatic N) is 2. The van der Waals surface area contributed by atoms with Gasteiger partial charge in [-0.25, -0.2) is 9.69 Å². The molecule has 10 nitrogen and oxygen atoms in total. The van der Waals surface area contributed by atoms with E-state index in [4.69, 9.17) is 20.8 Å². The molecule has 1 saturated heterocycles. The fourth-order valence-electron chi connectivity index (χ4n) is 2.35. The van der Waals surface area contributed by atoms with Crippen LogP contribution in [-0.2, 0) is 9.59 Å². The summed E-state index contributed by atoms with van der Waals surface area (Å²) in [4.78, 5) is 47.5. The average molecular weight is 392 g/mol. The zero-order valence-electron chi connectivity index (χ0n) is 13.6. The van der Waals surface area contributed by atoms with Gasteiger partial charge in [-0.05, 0) is 30.3 Å². The maximum absolute atomic E-state index is 12.7. The minimum Gasteiger partial charge on any atom is -0.495 e. The number of barbiturate groups is 1. The Hall–Kier alpha value is -3.66. The number of imide groups is 2. The van der Waals surface area contributed by atoms with E-state index in [-0.39, 0.29) is 16.5 Å². The van der Waals surface area contributed by atoms with E-state index in [0.29, 0.717) is 10.6 Å². The predicted octanol–water partition coefficient (Wildman–Crippen LogP) is 2.52. The van der Waals surface area contributed by atoms with E-state index in [2.05, 4.69) is 0 Å². The molecule has 0 spiro atoms. The van der Waals surface area contributed by atoms with Crippen LogP contribution in [0.3, 0.4) is 0 Å². The molecule has 2 heterocycles. The van der Waals surface area contributed by atoms with Crippen LogP contribution in [0.2, 0.25) is 5.02 Å². The van der Waals surface area contributed by atoms with Gasteiger partial charge in [0.25, 0.3) is 11.8 Å². The number of urea groups is 1. The first-order chi connectivity index (χ1) is 12.8. The smallest absolute Gasteiger partial charge is 0.433 e. The number of carbonyl (C=O) groups excluding carboxylic acids is 3. The molecule has 11 heteroatoms. The van der Waals surface area contributed by atoms with Gasteiger partial charge in [0.15, 0.2) is 0 Å². The van der Waals surface area contributed by atoms with Crippen LogP contribution in [0.15, 0.2) is 40.3 Å². The summed E-state index contributed by atoms with van der Waals surface area (Å²) in [6, 6.07) is 5.51. The van der Waals surface area contributed by atoms with Gasteiger partial charge in [0.2, 0.25) is 0 Å². The van der Waals surface area contributed by atoms with Gasteiger partial charge in [0.1, 0.15) is 22.0 Å². The molecule has 138 valence electrons. The number of furan rings is 1. The molecule has 1 aromatic carbocycles. The number of rotatable bonds is 4. The Bertz CT molecular complexity index is 1010. The van der Waals surface area contributed by atoms with Crippen molar-refractivity contribution in [1.82, 2.24) is 5.32 Å². The average Bonchev–Trinajstić information content (AvgIpc) is 3.07. The molecular formula is C16H10ClN3O7. The van der Waals surface area contributed by atoms with Crippen molar-refractivity contribution in [2.24, 2.45) is 0 Å². The predicted molar refractivity (Wildman–Crippen MR) is 92.4 cm³/mol. The Labute approximate surface area is 156 Å². The fourth-order valence-corrected chi connectivity index (χ4v) is 2.60. The first-order valence-electron chi connectivity index (χ1n) is 7.31. The van der Waals surface area contributed by atoms with Crippen LogP contribution in [0.25, 0.3) is 6.08 Å². The number of anilines is 1. The molecule has 0 bridgehead atoms. The van der Waals surface area contributed by atoms with Crippen LogP contribution in [0.5, 0.6) is 5.75 Å². The second kappa shape index (κ2) is 6.92. The van der Waals surface area contributed by atoms with Gasteiger partial charge >= 0.3 is 11.9 Å². The third kappa shape index (κ3) is 3.37. The summed E-state index contributed by atoms with van der Waals surface area (Å²) in [6.07, 6.45) is 1.01. The number of hydrogen-bond donors (Lipinski definition) is 1. The number of nitro groups is 1. The van der Waals surface area contributed by atoms with Crippen LogP contribution in [0.1, 0.15) is 5.76 Å². The number of nitrogens with one attached hydrogen (secondary N) is 1. The quantitative estimate of drug-likeness (QED) is 0.366. The minimum atomic E-state index is -0.964. The number of carbonyl (C=O) groups is 3. The number of halogens is 1. The van der Waals surface area contributed by atoms with E-state index in [1.54, 1.807) is 0 Å². The topological polar surface area (TPSA) is 132 Å². The van der Waals surface area contributed by atoms with E-state index in [0.717, 1.165) is 12.1 Å². The molecule has 0 radical (unpaired) electrons. The number of ether oxygens (including phenoxy) is 1. The van der Waals surface area contributed by atoms with Crippen molar-refractivity contribution in [3.8, 4) is 5.75 Å². The van der Waals surface area contributed by atoms with Crippen LogP contribution in [-0.4, -0.2) is 29.9 Å². The zero-order valence-corrected chi connectivity index (χ0v) is 14.4. The highest BCUT2D eigenvalue weighted by atomic mass is 35.5. The fraction of sp³-hybridized carbons (Fsp3) is 0.0625. The van der Waals surface area contributed by atoms with E-state index < -0.39 is 34.2 Å². The third-order valence-electron chi connectivity index (χ3n) is 3.57. The molecular weight excluding hydrogens is 382 g/mol. The number of amides is 4. The van der Waals surface area contributed by atoms with Crippen molar-refractivity contribution in [2.45, 2.75) is 0 Å². The zero-order chi connectivity index (χ0) is 19.7. The van der Waals surface area contributed by atoms with Crippen molar-refractivity contribution >= 4 is 47.1 Å². The van der Waals surface area contributed by atoms with Gasteiger partial charge in [0.05, 0.1) is 23.9 Å². The van der Waals surface area contributed by atoms with Gasteiger partial charge in [-0.15, -0.1) is 0 Å². The summed E-state index contributed by atoms with van der Waals surface area (Å²) in [6.45, 7) is 0. The SMILES string of the molecule is COc1ccc(N2C(=O)NC(=O)/C(=C\c3ccc([N+](=O)[O-])o3)C2=O)cc1Cl. The van der Waals surface area contributed by atoms with Gasteiger partial charge in [-0.3, -0.25) is 25.0 Å². The molecule has 0 atom stereocenters. The van der Waals surface area contributed by atoms with Crippen LogP contribution < -0.4 is 15.0 Å². The molecule has 0 saturated carbocycles. The standard InChI is InChI=1S/C16H10ClN3O7/c1-26-12-4-2-8(6-11(12)17)19-15(22)10(14(21)18-16(19)23)7-9-3-5-13(27-9)20(24)25/h2-7H,1H3,(H,18,21,23)/b10-7+. The van der Waals surface area contributed by atoms with Crippen molar-refractivity contribution in [3.05, 3.63) is 56.8 Å². The lowest BCUT2D eigenvalue weighted by Crippen LogP contribution is -2.54. The molecule has 2 aromatic rings. The normalized spacial score (nSPS) is 15.9. The summed E-state index contributed by atoms with van der Waals surface area (Å²) < 4.78 is 9.92. The summed E-state index contributed by atoms with van der Waals surface area (Å²) in [5, 5.41) is 12.8. The molecule has 1 aromatic heterocycles. The molecule has 1 N–H and O–H groups in total. The number of hydrogen-bond acceptors (Lipinski definition) is 7. The Kier molecular flexibility index (Phi) is 4.65. The van der Waals surface area contributed by atoms with E-state index >= 15 is 0 Å². The van der Waals surface area contributed by atoms with Crippen LogP contribution >= 0.6 is 11.6 Å². The van der Waals surface area contributed by atoms with Crippen LogP contribution in [0, 0.1) is 10.1 Å². The van der Waals surface area contributed by atoms with Crippen LogP contribution in [0.4, 0.5) is 16.4 Å². The second-order valence-corrected chi connectivity index (χ2v) is 5.62. The third-order valence-corrected chi connectivity index (χ3v) is 3.87. The molecule has 3 rings (SSSR count). The largest absolute Gasteiger partial charge is 0.495 e. The summed E-state index contributed by atoms with van der Waals surface area (Å²) >= 11 is 6.02. The highest BCUT2D eigenvalue weighted by molar-refractivity contribution is 6.39. The highest BCUT2D eigenvalue weighted by Gasteiger charge is 2.37. The van der Waals surface area contributed by atoms with Gasteiger partial charge < -0.3 is 9.15 Å². The monoisotopic (exact) mass is 391 g/mol. The summed E-state index contributed by atoms with van der Waals surface area (Å²) in [5.41, 5.74) is -0.335. The Morgan fingerprint density at radius 1 is 1.26 bits per heavy atom. The lowest BCUT2D eigenvalue weighted by molar-refractivity contribution is -0.402. The van der Waals surface area contributed by atoms with Crippen molar-refractivity contribution in [3.63, 3.8) is 0 Å². The van der Waals surface area contributed by atoms with E-state index in [1.807, 2.05) is 5.32 Å². The molecule has 27 heavy (non-hydrogen) atoms. The molecule has 4 amide bonds. The van der Waals surface area contributed by atoms with E-state index in [9.17, 15) is 24.5 Å². The van der Waals surface area contributed by atoms with Gasteiger partial charge in [-0.1, -0.05) is 11.6 Å². The Balaban J connectivity index is 1.99. The number of methoxy groups -OCH3 is 1. The number of benzene rings is 1. The summed E-state index contributed by atoms with van der Waals surface area (Å²) in [7, 11) is 1.40. The second-order valence-electron chi connectivity index (χ2n) is 5.21. The molecule has 1 fully saturated rings. The molecule has 0 aliphatic carbocycles. The molecule has 1 aliphatic heterocycles. The van der Waals surface area contributed by atoms with E-state index in [1.165, 1.54) is 31.4 Å². The van der Waals surface area contributed by atoms with Crippen molar-refractivity contribution < 1.29 is 28.5 Å². The van der Waals surface area contributed by atoms with Crippen molar-refractivity contribution in [1.29, 1.82) is 0 Å². The molecule has 0 unspecified atom stereocenters. The van der Waals surface area contributed by atoms with Gasteiger partial charge in [-0.2, -0.15) is 0 Å². The Morgan fingerprint density at radius 3 is 2.59 bits per heavy atom. The first-order valence-corrected chi connectivity index (χ1v) is 7.69. The molecule has 1 aliphatic rings. The summed E-state index contributed by atoms with van der Waals surface area (Å²) in [5.74, 6) is -2.22. The maximum Gasteiger partial charge on any atom is 0.433 e. The lowest BCUT2D eigenvalue weighted by atomic mass is 10.1. The maximum atomic E-state index is 12.7. The lowest BCUT2D eigenvalue weighted by Gasteiger charge is -2.26. The van der Waals surface area contributed by atoms with Gasteiger partial charge in [0, 0.05) is 0 Å². The highest BCUT2D eigenvalue weighted by Crippen LogP contribution is 2.31. The van der Waals surface area contributed by atoms with Crippen molar-refractivity contribution in [2.75, 3.05) is 12.0 Å². The Morgan fingerprint density at radius 2 is 2.00 bits per heavy atom.